The minimum atomic E-state index is -1.00. The van der Waals surface area contributed by atoms with Gasteiger partial charge in [-0.15, -0.1) is 0 Å². The van der Waals surface area contributed by atoms with E-state index in [-0.39, 0.29) is 5.60 Å². The molecule has 0 saturated heterocycles. The molecular weight excluding hydrogens is 172 g/mol. The van der Waals surface area contributed by atoms with Crippen LogP contribution in [0.4, 0.5) is 0 Å². The van der Waals surface area contributed by atoms with Crippen molar-refractivity contribution in [1.29, 1.82) is 0 Å². The van der Waals surface area contributed by atoms with Gasteiger partial charge in [-0.25, -0.2) is 4.79 Å². The van der Waals surface area contributed by atoms with Crippen LogP contribution in [0.5, 0.6) is 0 Å². The Morgan fingerprint density at radius 3 is 2.08 bits per heavy atom. The lowest BCUT2D eigenvalue weighted by Gasteiger charge is -2.27. The Bertz CT molecular complexity index is 171. The highest BCUT2D eigenvalue weighted by atomic mass is 16.6. The lowest BCUT2D eigenvalue weighted by Crippen LogP contribution is -2.39. The maximum absolute atomic E-state index is 10.7. The summed E-state index contributed by atoms with van der Waals surface area (Å²) < 4.78 is 10.2. The van der Waals surface area contributed by atoms with Gasteiger partial charge in [0.05, 0.1) is 11.7 Å². The predicted molar refractivity (Wildman–Crippen MR) is 48.7 cm³/mol. The molecule has 0 heterocycles. The molecule has 78 valence electrons. The van der Waals surface area contributed by atoms with Crippen LogP contribution in [0.2, 0.25) is 0 Å². The van der Waals surface area contributed by atoms with Crippen molar-refractivity contribution >= 4 is 5.97 Å². The fourth-order valence-corrected chi connectivity index (χ4v) is 1.11. The molecule has 0 spiro atoms. The Labute approximate surface area is 78.8 Å². The standard InChI is InChI=1S/C9H18O4/c1-6(13-9(2,3)4)7(12-5)8(10)11/h6-7H,1-5H3,(H,10,11). The van der Waals surface area contributed by atoms with E-state index in [2.05, 4.69) is 0 Å². The summed E-state index contributed by atoms with van der Waals surface area (Å²) in [4.78, 5) is 10.7. The zero-order valence-corrected chi connectivity index (χ0v) is 8.83. The molecule has 1 N–H and O–H groups in total. The monoisotopic (exact) mass is 190 g/mol. The molecule has 0 radical (unpaired) electrons. The van der Waals surface area contributed by atoms with Crippen molar-refractivity contribution in [3.05, 3.63) is 0 Å². The van der Waals surface area contributed by atoms with E-state index in [0.29, 0.717) is 0 Å². The summed E-state index contributed by atoms with van der Waals surface area (Å²) in [5.41, 5.74) is -0.356. The van der Waals surface area contributed by atoms with Gasteiger partial charge in [0.15, 0.2) is 6.10 Å². The van der Waals surface area contributed by atoms with Gasteiger partial charge in [-0.05, 0) is 27.7 Å². The summed E-state index contributed by atoms with van der Waals surface area (Å²) in [6.07, 6.45) is -1.36. The topological polar surface area (TPSA) is 55.8 Å². The molecule has 0 aromatic carbocycles. The molecule has 13 heavy (non-hydrogen) atoms. The van der Waals surface area contributed by atoms with Crippen LogP contribution in [0.15, 0.2) is 0 Å². The molecule has 0 amide bonds. The molecular formula is C9H18O4. The second-order valence-corrected chi connectivity index (χ2v) is 3.93. The lowest BCUT2D eigenvalue weighted by molar-refractivity contribution is -0.165. The SMILES string of the molecule is COC(C(=O)O)C(C)OC(C)(C)C. The number of ether oxygens (including phenoxy) is 2. The Morgan fingerprint density at radius 2 is 1.85 bits per heavy atom. The number of carboxylic acids is 1. The van der Waals surface area contributed by atoms with E-state index in [4.69, 9.17) is 14.6 Å². The third-order valence-electron chi connectivity index (χ3n) is 1.46. The molecule has 2 atom stereocenters. The van der Waals surface area contributed by atoms with Crippen LogP contribution in [-0.4, -0.2) is 36.0 Å². The number of hydrogen-bond donors (Lipinski definition) is 1. The molecule has 0 aliphatic heterocycles. The van der Waals surface area contributed by atoms with E-state index in [9.17, 15) is 4.79 Å². The van der Waals surface area contributed by atoms with Gasteiger partial charge in [0.1, 0.15) is 0 Å². The summed E-state index contributed by atoms with van der Waals surface area (Å²) >= 11 is 0. The van der Waals surface area contributed by atoms with Crippen molar-refractivity contribution < 1.29 is 19.4 Å². The third-order valence-corrected chi connectivity index (χ3v) is 1.46. The summed E-state index contributed by atoms with van der Waals surface area (Å²) in [6, 6.07) is 0. The van der Waals surface area contributed by atoms with Crippen LogP contribution in [-0.2, 0) is 14.3 Å². The minimum Gasteiger partial charge on any atom is -0.479 e. The highest BCUT2D eigenvalue weighted by Gasteiger charge is 2.28. The zero-order valence-electron chi connectivity index (χ0n) is 8.83. The van der Waals surface area contributed by atoms with Crippen LogP contribution < -0.4 is 0 Å². The van der Waals surface area contributed by atoms with Gasteiger partial charge in [-0.3, -0.25) is 0 Å². The number of carboxylic acid groups (broad SMARTS) is 1. The first-order valence-corrected chi connectivity index (χ1v) is 4.21. The first-order chi connectivity index (χ1) is 5.78. The number of hydrogen-bond acceptors (Lipinski definition) is 3. The van der Waals surface area contributed by atoms with Gasteiger partial charge in [0, 0.05) is 7.11 Å². The third kappa shape index (κ3) is 4.85. The average molecular weight is 190 g/mol. The number of rotatable bonds is 4. The number of methoxy groups -OCH3 is 1. The van der Waals surface area contributed by atoms with Crippen LogP contribution in [0.1, 0.15) is 27.7 Å². The molecule has 0 aliphatic carbocycles. The van der Waals surface area contributed by atoms with Crippen LogP contribution in [0, 0.1) is 0 Å². The molecule has 0 rings (SSSR count). The van der Waals surface area contributed by atoms with Gasteiger partial charge in [0.25, 0.3) is 0 Å². The second-order valence-electron chi connectivity index (χ2n) is 3.93. The van der Waals surface area contributed by atoms with Gasteiger partial charge >= 0.3 is 5.97 Å². The van der Waals surface area contributed by atoms with E-state index in [0.717, 1.165) is 0 Å². The Morgan fingerprint density at radius 1 is 1.38 bits per heavy atom. The van der Waals surface area contributed by atoms with Crippen molar-refractivity contribution in [2.75, 3.05) is 7.11 Å². The minimum absolute atomic E-state index is 0.356. The fourth-order valence-electron chi connectivity index (χ4n) is 1.11. The highest BCUT2D eigenvalue weighted by Crippen LogP contribution is 2.14. The van der Waals surface area contributed by atoms with Crippen LogP contribution in [0.25, 0.3) is 0 Å². The van der Waals surface area contributed by atoms with Gasteiger partial charge < -0.3 is 14.6 Å². The maximum atomic E-state index is 10.7. The van der Waals surface area contributed by atoms with E-state index in [1.807, 2.05) is 20.8 Å². The van der Waals surface area contributed by atoms with E-state index in [1.54, 1.807) is 6.92 Å². The van der Waals surface area contributed by atoms with Crippen molar-refractivity contribution in [3.63, 3.8) is 0 Å². The normalized spacial score (nSPS) is 16.7. The van der Waals surface area contributed by atoms with Crippen molar-refractivity contribution in [1.82, 2.24) is 0 Å². The van der Waals surface area contributed by atoms with E-state index < -0.39 is 18.2 Å². The molecule has 4 heteroatoms. The Balaban J connectivity index is 4.22. The van der Waals surface area contributed by atoms with Crippen molar-refractivity contribution in [2.24, 2.45) is 0 Å². The molecule has 2 unspecified atom stereocenters. The number of carbonyl (C=O) groups is 1. The summed E-state index contributed by atoms with van der Waals surface area (Å²) in [5, 5.41) is 8.74. The first kappa shape index (κ1) is 12.4. The molecule has 0 aliphatic rings. The molecule has 0 saturated carbocycles. The summed E-state index contributed by atoms with van der Waals surface area (Å²) in [6.45, 7) is 7.31. The largest absolute Gasteiger partial charge is 0.479 e. The number of aliphatic carboxylic acids is 1. The van der Waals surface area contributed by atoms with Gasteiger partial charge in [-0.1, -0.05) is 0 Å². The second kappa shape index (κ2) is 4.58. The quantitative estimate of drug-likeness (QED) is 0.725. The Hall–Kier alpha value is -0.610. The molecule has 0 bridgehead atoms. The first-order valence-electron chi connectivity index (χ1n) is 4.21. The summed E-state index contributed by atoms with van der Waals surface area (Å²) in [5.74, 6) is -1.00. The van der Waals surface area contributed by atoms with Gasteiger partial charge in [0.2, 0.25) is 0 Å². The van der Waals surface area contributed by atoms with Crippen molar-refractivity contribution in [2.45, 2.75) is 45.5 Å². The smallest absolute Gasteiger partial charge is 0.335 e. The Kier molecular flexibility index (Phi) is 4.36. The molecule has 4 nitrogen and oxygen atoms in total. The van der Waals surface area contributed by atoms with Crippen LogP contribution in [0.3, 0.4) is 0 Å². The molecule has 0 aromatic heterocycles. The van der Waals surface area contributed by atoms with E-state index >= 15 is 0 Å². The van der Waals surface area contributed by atoms with Gasteiger partial charge in [-0.2, -0.15) is 0 Å². The lowest BCUT2D eigenvalue weighted by atomic mass is 10.1. The summed E-state index contributed by atoms with van der Waals surface area (Å²) in [7, 11) is 1.36. The van der Waals surface area contributed by atoms with E-state index in [1.165, 1.54) is 7.11 Å². The predicted octanol–water partition coefficient (Wildman–Crippen LogP) is 1.29. The maximum Gasteiger partial charge on any atom is 0.335 e. The van der Waals surface area contributed by atoms with Crippen LogP contribution >= 0.6 is 0 Å². The fraction of sp³-hybridized carbons (Fsp3) is 0.889. The zero-order chi connectivity index (χ0) is 10.6. The van der Waals surface area contributed by atoms with Crippen molar-refractivity contribution in [3.8, 4) is 0 Å². The highest BCUT2D eigenvalue weighted by molar-refractivity contribution is 5.73. The molecule has 0 aromatic rings. The average Bonchev–Trinajstić information content (AvgIpc) is 1.82. The molecule has 0 fully saturated rings.